The van der Waals surface area contributed by atoms with Gasteiger partial charge in [0.05, 0.1) is 5.71 Å². The first-order chi connectivity index (χ1) is 9.17. The number of fused-ring (bicyclic) bond motifs is 1. The molecule has 5 heteroatoms. The van der Waals surface area contributed by atoms with Crippen molar-refractivity contribution >= 4 is 11.6 Å². The van der Waals surface area contributed by atoms with Gasteiger partial charge in [-0.1, -0.05) is 17.3 Å². The van der Waals surface area contributed by atoms with Gasteiger partial charge in [0, 0.05) is 18.2 Å². The summed E-state index contributed by atoms with van der Waals surface area (Å²) >= 11 is 0. The van der Waals surface area contributed by atoms with E-state index in [1.165, 1.54) is 0 Å². The highest BCUT2D eigenvalue weighted by molar-refractivity contribution is 6.02. The van der Waals surface area contributed by atoms with Crippen LogP contribution in [0.25, 0.3) is 0 Å². The van der Waals surface area contributed by atoms with E-state index >= 15 is 0 Å². The van der Waals surface area contributed by atoms with Crippen LogP contribution in [0.5, 0.6) is 5.75 Å². The van der Waals surface area contributed by atoms with E-state index in [1.54, 1.807) is 14.0 Å². The lowest BCUT2D eigenvalue weighted by atomic mass is 9.89. The van der Waals surface area contributed by atoms with Gasteiger partial charge in [0.15, 0.2) is 6.10 Å². The summed E-state index contributed by atoms with van der Waals surface area (Å²) in [6, 6.07) is 5.61. The van der Waals surface area contributed by atoms with Crippen LogP contribution < -0.4 is 10.1 Å². The number of hydrogen-bond acceptors (Lipinski definition) is 4. The van der Waals surface area contributed by atoms with Gasteiger partial charge in [-0.05, 0) is 32.3 Å². The van der Waals surface area contributed by atoms with Gasteiger partial charge in [0.25, 0.3) is 5.91 Å². The minimum Gasteiger partial charge on any atom is -0.481 e. The second-order valence-electron chi connectivity index (χ2n) is 4.56. The lowest BCUT2D eigenvalue weighted by molar-refractivity contribution is -0.126. The summed E-state index contributed by atoms with van der Waals surface area (Å²) in [6.45, 7) is 1.71. The molecule has 1 amide bonds. The van der Waals surface area contributed by atoms with Gasteiger partial charge in [-0.2, -0.15) is 0 Å². The Balaban J connectivity index is 2.30. The Hall–Kier alpha value is -2.04. The molecule has 102 valence electrons. The minimum absolute atomic E-state index is 0.163. The summed E-state index contributed by atoms with van der Waals surface area (Å²) in [5.41, 5.74) is 2.60. The zero-order valence-corrected chi connectivity index (χ0v) is 11.1. The van der Waals surface area contributed by atoms with Crippen molar-refractivity contribution in [1.29, 1.82) is 0 Å². The van der Waals surface area contributed by atoms with Gasteiger partial charge in [0.2, 0.25) is 0 Å². The van der Waals surface area contributed by atoms with Gasteiger partial charge in [-0.3, -0.25) is 4.79 Å². The molecule has 1 atom stereocenters. The number of ether oxygens (including phenoxy) is 1. The smallest absolute Gasteiger partial charge is 0.260 e. The Kier molecular flexibility index (Phi) is 4.04. The largest absolute Gasteiger partial charge is 0.481 e. The summed E-state index contributed by atoms with van der Waals surface area (Å²) in [5, 5.41) is 14.9. The molecule has 1 aliphatic rings. The highest BCUT2D eigenvalue weighted by Crippen LogP contribution is 2.30. The molecule has 5 nitrogen and oxygen atoms in total. The summed E-state index contributed by atoms with van der Waals surface area (Å²) in [4.78, 5) is 11.5. The van der Waals surface area contributed by atoms with Crippen LogP contribution in [0.2, 0.25) is 0 Å². The molecule has 19 heavy (non-hydrogen) atoms. The van der Waals surface area contributed by atoms with E-state index in [1.807, 2.05) is 18.2 Å². The average Bonchev–Trinajstić information content (AvgIpc) is 2.46. The van der Waals surface area contributed by atoms with Crippen molar-refractivity contribution in [1.82, 2.24) is 5.32 Å². The Morgan fingerprint density at radius 1 is 1.47 bits per heavy atom. The Bertz CT molecular complexity index is 511. The third kappa shape index (κ3) is 2.70. The van der Waals surface area contributed by atoms with Crippen LogP contribution in [0.3, 0.4) is 0 Å². The van der Waals surface area contributed by atoms with Crippen molar-refractivity contribution < 1.29 is 14.7 Å². The van der Waals surface area contributed by atoms with Crippen molar-refractivity contribution in [2.24, 2.45) is 5.16 Å². The van der Waals surface area contributed by atoms with Crippen LogP contribution in [0.4, 0.5) is 0 Å². The number of amides is 1. The lowest BCUT2D eigenvalue weighted by Crippen LogP contribution is -2.34. The number of nitrogens with one attached hydrogen (secondary N) is 1. The molecule has 1 aliphatic carbocycles. The third-order valence-electron chi connectivity index (χ3n) is 3.32. The number of carbonyl (C=O) groups excluding carboxylic acids is 1. The monoisotopic (exact) mass is 262 g/mol. The maximum atomic E-state index is 11.5. The second-order valence-corrected chi connectivity index (χ2v) is 4.56. The number of benzene rings is 1. The second kappa shape index (κ2) is 5.73. The highest BCUT2D eigenvalue weighted by atomic mass is 16.5. The van der Waals surface area contributed by atoms with E-state index < -0.39 is 6.10 Å². The molecule has 1 aromatic rings. The maximum Gasteiger partial charge on any atom is 0.260 e. The van der Waals surface area contributed by atoms with Crippen molar-refractivity contribution in [3.63, 3.8) is 0 Å². The molecule has 0 spiro atoms. The normalized spacial score (nSPS) is 17.7. The van der Waals surface area contributed by atoms with Crippen LogP contribution in [0.15, 0.2) is 23.4 Å². The first-order valence-electron chi connectivity index (χ1n) is 6.38. The van der Waals surface area contributed by atoms with Crippen LogP contribution >= 0.6 is 0 Å². The topological polar surface area (TPSA) is 70.9 Å². The van der Waals surface area contributed by atoms with E-state index in [0.29, 0.717) is 11.5 Å². The molecule has 2 rings (SSSR count). The van der Waals surface area contributed by atoms with E-state index in [9.17, 15) is 4.79 Å². The molecular weight excluding hydrogens is 244 g/mol. The predicted molar refractivity (Wildman–Crippen MR) is 71.9 cm³/mol. The lowest BCUT2D eigenvalue weighted by Gasteiger charge is -2.22. The molecule has 2 N–H and O–H groups in total. The minimum atomic E-state index is -0.548. The first kappa shape index (κ1) is 13.4. The molecule has 1 unspecified atom stereocenters. The first-order valence-corrected chi connectivity index (χ1v) is 6.38. The number of rotatable bonds is 3. The van der Waals surface area contributed by atoms with E-state index in [-0.39, 0.29) is 5.91 Å². The molecule has 0 aliphatic heterocycles. The number of carbonyl (C=O) groups is 1. The zero-order chi connectivity index (χ0) is 13.8. The van der Waals surface area contributed by atoms with Crippen molar-refractivity contribution in [3.05, 3.63) is 29.3 Å². The fourth-order valence-electron chi connectivity index (χ4n) is 2.32. The zero-order valence-electron chi connectivity index (χ0n) is 11.1. The Morgan fingerprint density at radius 2 is 2.26 bits per heavy atom. The quantitative estimate of drug-likeness (QED) is 0.643. The van der Waals surface area contributed by atoms with Crippen molar-refractivity contribution in [2.75, 3.05) is 7.05 Å². The van der Waals surface area contributed by atoms with Crippen LogP contribution in [0.1, 0.15) is 30.9 Å². The summed E-state index contributed by atoms with van der Waals surface area (Å²) in [6.07, 6.45) is 2.00. The molecule has 0 heterocycles. The van der Waals surface area contributed by atoms with Gasteiger partial charge < -0.3 is 15.3 Å². The molecule has 0 saturated carbocycles. The number of oxime groups is 1. The molecule has 0 radical (unpaired) electrons. The fourth-order valence-corrected chi connectivity index (χ4v) is 2.32. The van der Waals surface area contributed by atoms with Gasteiger partial charge in [0.1, 0.15) is 5.75 Å². The number of likely N-dealkylation sites (N-methyl/N-ethyl adjacent to an activating group) is 1. The summed E-state index contributed by atoms with van der Waals surface area (Å²) in [7, 11) is 1.58. The highest BCUT2D eigenvalue weighted by Gasteiger charge is 2.21. The molecule has 0 aromatic heterocycles. The fraction of sp³-hybridized carbons (Fsp3) is 0.429. The molecule has 0 saturated heterocycles. The van der Waals surface area contributed by atoms with E-state index in [0.717, 1.165) is 30.4 Å². The molecular formula is C14H18N2O3. The van der Waals surface area contributed by atoms with Crippen molar-refractivity contribution in [3.8, 4) is 5.75 Å². The van der Waals surface area contributed by atoms with Crippen molar-refractivity contribution in [2.45, 2.75) is 32.3 Å². The predicted octanol–water partition coefficient (Wildman–Crippen LogP) is 1.71. The number of hydrogen-bond donors (Lipinski definition) is 2. The number of nitrogens with zero attached hydrogens (tertiary/aromatic N) is 1. The Labute approximate surface area is 112 Å². The van der Waals surface area contributed by atoms with Gasteiger partial charge >= 0.3 is 0 Å². The third-order valence-corrected chi connectivity index (χ3v) is 3.32. The van der Waals surface area contributed by atoms with Crippen LogP contribution in [0, 0.1) is 0 Å². The van der Waals surface area contributed by atoms with E-state index in [4.69, 9.17) is 9.94 Å². The molecule has 1 aromatic carbocycles. The summed E-state index contributed by atoms with van der Waals surface area (Å²) in [5.74, 6) is 0.527. The Morgan fingerprint density at radius 3 is 2.95 bits per heavy atom. The van der Waals surface area contributed by atoms with Gasteiger partial charge in [-0.25, -0.2) is 0 Å². The molecule has 0 bridgehead atoms. The summed E-state index contributed by atoms with van der Waals surface area (Å²) < 4.78 is 5.71. The van der Waals surface area contributed by atoms with Crippen LogP contribution in [-0.4, -0.2) is 30.0 Å². The maximum absolute atomic E-state index is 11.5. The average molecular weight is 262 g/mol. The standard InChI is InChI=1S/C14H18N2O3/c1-9(14(17)15-2)19-13-8-4-5-10-11(13)6-3-7-12(10)16-18/h4-5,8-9,18H,3,6-7H2,1-2H3,(H,15,17). The van der Waals surface area contributed by atoms with Gasteiger partial charge in [-0.15, -0.1) is 0 Å². The van der Waals surface area contributed by atoms with Crippen LogP contribution in [-0.2, 0) is 11.2 Å². The molecule has 0 fully saturated rings. The SMILES string of the molecule is CNC(=O)C(C)Oc1cccc2c1CCCC2=NO. The van der Waals surface area contributed by atoms with E-state index in [2.05, 4.69) is 10.5 Å².